The van der Waals surface area contributed by atoms with Crippen molar-refractivity contribution >= 4 is 17.7 Å². The molecule has 1 atom stereocenters. The first kappa shape index (κ1) is 19.8. The van der Waals surface area contributed by atoms with Crippen LogP contribution in [0.25, 0.3) is 0 Å². The topological polar surface area (TPSA) is 20.3 Å². The molecule has 0 aromatic heterocycles. The molecule has 0 bridgehead atoms. The fourth-order valence-corrected chi connectivity index (χ4v) is 4.35. The summed E-state index contributed by atoms with van der Waals surface area (Å²) in [7, 11) is 0. The van der Waals surface area contributed by atoms with Crippen molar-refractivity contribution in [1.29, 1.82) is 0 Å². The van der Waals surface area contributed by atoms with E-state index in [1.807, 2.05) is 12.1 Å². The fourth-order valence-electron chi connectivity index (χ4n) is 3.10. The van der Waals surface area contributed by atoms with Crippen LogP contribution in [0.1, 0.15) is 53.2 Å². The van der Waals surface area contributed by atoms with Crippen LogP contribution in [0.15, 0.2) is 48.5 Å². The van der Waals surface area contributed by atoms with Crippen molar-refractivity contribution in [3.05, 3.63) is 70.8 Å². The second-order valence-electron chi connectivity index (χ2n) is 7.67. The second-order valence-corrected chi connectivity index (χ2v) is 8.86. The molecule has 1 saturated heterocycles. The van der Waals surface area contributed by atoms with E-state index in [1.165, 1.54) is 17.7 Å². The van der Waals surface area contributed by atoms with Crippen molar-refractivity contribution < 1.29 is 18.0 Å². The number of rotatable bonds is 2. The van der Waals surface area contributed by atoms with Crippen LogP contribution in [0.5, 0.6) is 0 Å². The minimum absolute atomic E-state index is 0.0366. The number of hydrogen-bond donors (Lipinski definition) is 0. The lowest BCUT2D eigenvalue weighted by Gasteiger charge is -2.26. The molecule has 3 rings (SSSR count). The van der Waals surface area contributed by atoms with Gasteiger partial charge in [-0.1, -0.05) is 51.1 Å². The largest absolute Gasteiger partial charge is 0.416 e. The van der Waals surface area contributed by atoms with Gasteiger partial charge in [0.15, 0.2) is 0 Å². The molecule has 1 aliphatic heterocycles. The van der Waals surface area contributed by atoms with Gasteiger partial charge in [0.1, 0.15) is 5.37 Å². The van der Waals surface area contributed by atoms with Gasteiger partial charge in [-0.05, 0) is 34.7 Å². The predicted octanol–water partition coefficient (Wildman–Crippen LogP) is 5.89. The van der Waals surface area contributed by atoms with Gasteiger partial charge in [-0.25, -0.2) is 0 Å². The standard InChI is InChI=1S/C21H22F3NOS/c1-20(2,3)16-9-7-14(8-10-16)19-25(11-12-27-19)18(26)15-5-4-6-17(13-15)21(22,23)24/h4-10,13,19H,11-12H2,1-3H3/t19-/m0/s1. The van der Waals surface area contributed by atoms with E-state index >= 15 is 0 Å². The lowest BCUT2D eigenvalue weighted by molar-refractivity contribution is -0.137. The molecule has 0 radical (unpaired) electrons. The summed E-state index contributed by atoms with van der Waals surface area (Å²) < 4.78 is 38.9. The van der Waals surface area contributed by atoms with Crippen molar-refractivity contribution in [2.45, 2.75) is 37.7 Å². The van der Waals surface area contributed by atoms with E-state index in [1.54, 1.807) is 16.7 Å². The summed E-state index contributed by atoms with van der Waals surface area (Å²) in [6.45, 7) is 6.92. The van der Waals surface area contributed by atoms with Crippen LogP contribution in [0.2, 0.25) is 0 Å². The molecular weight excluding hydrogens is 371 g/mol. The van der Waals surface area contributed by atoms with E-state index in [9.17, 15) is 18.0 Å². The minimum Gasteiger partial charge on any atom is -0.322 e. The molecule has 6 heteroatoms. The van der Waals surface area contributed by atoms with Gasteiger partial charge in [0.05, 0.1) is 5.56 Å². The number of thioether (sulfide) groups is 1. The first-order chi connectivity index (χ1) is 12.6. The summed E-state index contributed by atoms with van der Waals surface area (Å²) >= 11 is 1.63. The molecule has 2 nitrogen and oxygen atoms in total. The third kappa shape index (κ3) is 4.32. The molecule has 1 aliphatic rings. The summed E-state index contributed by atoms with van der Waals surface area (Å²) in [6.07, 6.45) is -4.46. The van der Waals surface area contributed by atoms with Gasteiger partial charge >= 0.3 is 6.18 Å². The third-order valence-electron chi connectivity index (χ3n) is 4.65. The summed E-state index contributed by atoms with van der Waals surface area (Å²) in [4.78, 5) is 14.5. The average Bonchev–Trinajstić information content (AvgIpc) is 3.09. The zero-order chi connectivity index (χ0) is 19.8. The van der Waals surface area contributed by atoms with Gasteiger partial charge in [-0.2, -0.15) is 13.2 Å². The number of carbonyl (C=O) groups is 1. The lowest BCUT2D eigenvalue weighted by atomic mass is 9.86. The Morgan fingerprint density at radius 1 is 1.04 bits per heavy atom. The van der Waals surface area contributed by atoms with Crippen molar-refractivity contribution in [3.8, 4) is 0 Å². The zero-order valence-corrected chi connectivity index (χ0v) is 16.3. The van der Waals surface area contributed by atoms with E-state index < -0.39 is 11.7 Å². The van der Waals surface area contributed by atoms with Gasteiger partial charge in [-0.3, -0.25) is 4.79 Å². The van der Waals surface area contributed by atoms with Gasteiger partial charge in [-0.15, -0.1) is 11.8 Å². The highest BCUT2D eigenvalue weighted by atomic mass is 32.2. The molecule has 2 aromatic carbocycles. The first-order valence-corrected chi connectivity index (χ1v) is 9.82. The number of alkyl halides is 3. The zero-order valence-electron chi connectivity index (χ0n) is 15.5. The first-order valence-electron chi connectivity index (χ1n) is 8.77. The van der Waals surface area contributed by atoms with Gasteiger partial charge < -0.3 is 4.90 Å². The molecule has 0 saturated carbocycles. The molecule has 2 aromatic rings. The van der Waals surface area contributed by atoms with Crippen LogP contribution >= 0.6 is 11.8 Å². The number of halogens is 3. The maximum Gasteiger partial charge on any atom is 0.416 e. The van der Waals surface area contributed by atoms with Crippen LogP contribution in [-0.2, 0) is 11.6 Å². The van der Waals surface area contributed by atoms with E-state index in [0.29, 0.717) is 6.54 Å². The monoisotopic (exact) mass is 393 g/mol. The van der Waals surface area contributed by atoms with Crippen molar-refractivity contribution in [3.63, 3.8) is 0 Å². The molecule has 1 fully saturated rings. The maximum atomic E-state index is 13.0. The van der Waals surface area contributed by atoms with E-state index in [0.717, 1.165) is 23.4 Å². The molecular formula is C21H22F3NOS. The van der Waals surface area contributed by atoms with Crippen molar-refractivity contribution in [2.75, 3.05) is 12.3 Å². The molecule has 144 valence electrons. The highest BCUT2D eigenvalue weighted by Crippen LogP contribution is 2.40. The van der Waals surface area contributed by atoms with Gasteiger partial charge in [0.25, 0.3) is 5.91 Å². The number of amides is 1. The Morgan fingerprint density at radius 3 is 2.30 bits per heavy atom. The second kappa shape index (κ2) is 7.23. The molecule has 0 unspecified atom stereocenters. The smallest absolute Gasteiger partial charge is 0.322 e. The highest BCUT2D eigenvalue weighted by molar-refractivity contribution is 7.99. The van der Waals surface area contributed by atoms with Crippen molar-refractivity contribution in [2.24, 2.45) is 0 Å². The molecule has 27 heavy (non-hydrogen) atoms. The third-order valence-corrected chi connectivity index (χ3v) is 5.91. The number of nitrogens with zero attached hydrogens (tertiary/aromatic N) is 1. The molecule has 0 aliphatic carbocycles. The van der Waals surface area contributed by atoms with E-state index in [-0.39, 0.29) is 22.3 Å². The Balaban J connectivity index is 1.85. The SMILES string of the molecule is CC(C)(C)c1ccc([C@@H]2SCCN2C(=O)c2cccc(C(F)(F)F)c2)cc1. The Bertz CT molecular complexity index is 825. The summed E-state index contributed by atoms with van der Waals surface area (Å²) in [5.74, 6) is 0.395. The highest BCUT2D eigenvalue weighted by Gasteiger charge is 2.34. The summed E-state index contributed by atoms with van der Waals surface area (Å²) in [5, 5.41) is -0.180. The van der Waals surface area contributed by atoms with Gasteiger partial charge in [0, 0.05) is 17.9 Å². The number of benzene rings is 2. The number of hydrogen-bond acceptors (Lipinski definition) is 2. The number of carbonyl (C=O) groups excluding carboxylic acids is 1. The molecule has 1 heterocycles. The van der Waals surface area contributed by atoms with Crippen LogP contribution in [-0.4, -0.2) is 23.1 Å². The van der Waals surface area contributed by atoms with Crippen molar-refractivity contribution in [1.82, 2.24) is 4.90 Å². The molecule has 1 amide bonds. The Hall–Kier alpha value is -1.95. The molecule has 0 N–H and O–H groups in total. The van der Waals surface area contributed by atoms with Crippen LogP contribution in [0.3, 0.4) is 0 Å². The average molecular weight is 393 g/mol. The maximum absolute atomic E-state index is 13.0. The van der Waals surface area contributed by atoms with Crippen LogP contribution in [0.4, 0.5) is 13.2 Å². The van der Waals surface area contributed by atoms with E-state index in [4.69, 9.17) is 0 Å². The van der Waals surface area contributed by atoms with Crippen LogP contribution < -0.4 is 0 Å². The normalized spacial score (nSPS) is 18.0. The Morgan fingerprint density at radius 2 is 1.70 bits per heavy atom. The lowest BCUT2D eigenvalue weighted by Crippen LogP contribution is -2.30. The Labute approximate surface area is 161 Å². The van der Waals surface area contributed by atoms with E-state index in [2.05, 4.69) is 32.9 Å². The minimum atomic E-state index is -4.46. The fraction of sp³-hybridized carbons (Fsp3) is 0.381. The van der Waals surface area contributed by atoms with Gasteiger partial charge in [0.2, 0.25) is 0 Å². The Kier molecular flexibility index (Phi) is 5.30. The summed E-state index contributed by atoms with van der Waals surface area (Å²) in [5.41, 5.74) is 1.50. The summed E-state index contributed by atoms with van der Waals surface area (Å²) in [6, 6.07) is 12.8. The molecule has 0 spiro atoms. The van der Waals surface area contributed by atoms with Crippen LogP contribution in [0, 0.1) is 0 Å². The predicted molar refractivity (Wildman–Crippen MR) is 103 cm³/mol. The quantitative estimate of drug-likeness (QED) is 0.634.